The topological polar surface area (TPSA) is 102 Å². The second kappa shape index (κ2) is 6.97. The van der Waals surface area contributed by atoms with E-state index in [0.717, 1.165) is 22.5 Å². The third-order valence-corrected chi connectivity index (χ3v) is 4.33. The quantitative estimate of drug-likeness (QED) is 0.357. The molecule has 2 N–H and O–H groups in total. The Hall–Kier alpha value is -3.40. The van der Waals surface area contributed by atoms with E-state index in [-0.39, 0.29) is 0 Å². The molecule has 0 aromatic carbocycles. The second-order valence-corrected chi connectivity index (χ2v) is 6.94. The van der Waals surface area contributed by atoms with Gasteiger partial charge in [0.2, 0.25) is 0 Å². The molecular formula is C18H19N9S. The number of hydrogen-bond acceptors (Lipinski definition) is 7. The fourth-order valence-electron chi connectivity index (χ4n) is 2.89. The first-order valence-electron chi connectivity index (χ1n) is 8.49. The Kier molecular flexibility index (Phi) is 4.47. The van der Waals surface area contributed by atoms with Gasteiger partial charge in [0, 0.05) is 49.5 Å². The summed E-state index contributed by atoms with van der Waals surface area (Å²) in [7, 11) is 3.74. The number of anilines is 1. The standard InChI is InChI=1S/C18H19N9S/c1-11(19)4-16(28)24-17-18-20-7-15(13-6-22-26(3)9-13)27(18)10-14(23-17)12-5-21-25(2)8-12/h4-10,19,28H,1-3H3,(H,23,24)/b16-4-,19-11?. The Morgan fingerprint density at radius 3 is 2.36 bits per heavy atom. The van der Waals surface area contributed by atoms with Crippen LogP contribution in [0.2, 0.25) is 0 Å². The van der Waals surface area contributed by atoms with Crippen molar-refractivity contribution in [1.82, 2.24) is 33.9 Å². The average molecular weight is 393 g/mol. The number of thiol groups is 1. The van der Waals surface area contributed by atoms with Gasteiger partial charge < -0.3 is 10.7 Å². The summed E-state index contributed by atoms with van der Waals surface area (Å²) in [5.74, 6) is 0.541. The third kappa shape index (κ3) is 3.41. The van der Waals surface area contributed by atoms with Gasteiger partial charge in [0.05, 0.1) is 35.0 Å². The first kappa shape index (κ1) is 18.0. The van der Waals surface area contributed by atoms with E-state index >= 15 is 0 Å². The van der Waals surface area contributed by atoms with Gasteiger partial charge in [0.25, 0.3) is 0 Å². The Bertz CT molecular complexity index is 1210. The number of nitrogens with zero attached hydrogens (tertiary/aromatic N) is 7. The third-order valence-electron chi connectivity index (χ3n) is 4.09. The highest BCUT2D eigenvalue weighted by Crippen LogP contribution is 2.28. The van der Waals surface area contributed by atoms with Crippen LogP contribution in [0.1, 0.15) is 6.92 Å². The van der Waals surface area contributed by atoms with Crippen LogP contribution in [0, 0.1) is 5.41 Å². The number of hydrogen-bond donors (Lipinski definition) is 3. The van der Waals surface area contributed by atoms with Gasteiger partial charge >= 0.3 is 0 Å². The van der Waals surface area contributed by atoms with E-state index in [1.54, 1.807) is 41.0 Å². The molecule has 0 radical (unpaired) electrons. The van der Waals surface area contributed by atoms with Crippen LogP contribution in [0.25, 0.3) is 28.2 Å². The summed E-state index contributed by atoms with van der Waals surface area (Å²) in [6.45, 7) is 1.68. The second-order valence-electron chi connectivity index (χ2n) is 6.45. The monoisotopic (exact) mass is 393 g/mol. The van der Waals surface area contributed by atoms with Crippen molar-refractivity contribution >= 4 is 29.8 Å². The highest BCUT2D eigenvalue weighted by molar-refractivity contribution is 7.84. The maximum absolute atomic E-state index is 7.63. The van der Waals surface area contributed by atoms with Crippen LogP contribution in [0.5, 0.6) is 0 Å². The number of imidazole rings is 1. The van der Waals surface area contributed by atoms with Crippen LogP contribution in [0.15, 0.2) is 48.3 Å². The molecule has 4 rings (SSSR count). The molecule has 28 heavy (non-hydrogen) atoms. The zero-order valence-electron chi connectivity index (χ0n) is 15.6. The normalized spacial score (nSPS) is 11.9. The molecule has 0 aliphatic heterocycles. The van der Waals surface area contributed by atoms with Gasteiger partial charge in [-0.05, 0) is 13.0 Å². The van der Waals surface area contributed by atoms with Crippen LogP contribution >= 0.6 is 12.6 Å². The molecular weight excluding hydrogens is 374 g/mol. The molecule has 0 atom stereocenters. The van der Waals surface area contributed by atoms with Crippen molar-refractivity contribution in [2.45, 2.75) is 6.92 Å². The molecule has 10 heteroatoms. The molecule has 4 aromatic heterocycles. The van der Waals surface area contributed by atoms with Crippen LogP contribution in [0.3, 0.4) is 0 Å². The Balaban J connectivity index is 1.91. The number of rotatable bonds is 5. The van der Waals surface area contributed by atoms with Crippen molar-refractivity contribution in [3.63, 3.8) is 0 Å². The van der Waals surface area contributed by atoms with Crippen molar-refractivity contribution < 1.29 is 0 Å². The molecule has 0 unspecified atom stereocenters. The minimum atomic E-state index is 0.385. The smallest absolute Gasteiger partial charge is 0.180 e. The molecule has 0 spiro atoms. The zero-order chi connectivity index (χ0) is 19.8. The minimum Gasteiger partial charge on any atom is -0.332 e. The SMILES string of the molecule is CC(=N)/C=C(\S)Nc1nc(-c2cnn(C)c2)cn2c(-c3cnn(C)c3)cnc12. The van der Waals surface area contributed by atoms with E-state index in [1.165, 1.54) is 0 Å². The molecule has 0 saturated carbocycles. The van der Waals surface area contributed by atoms with Crippen LogP contribution in [-0.4, -0.2) is 39.6 Å². The fraction of sp³-hybridized carbons (Fsp3) is 0.167. The molecule has 4 heterocycles. The molecule has 0 aliphatic rings. The fourth-order valence-corrected chi connectivity index (χ4v) is 3.19. The van der Waals surface area contributed by atoms with E-state index in [9.17, 15) is 0 Å². The first-order chi connectivity index (χ1) is 13.4. The zero-order valence-corrected chi connectivity index (χ0v) is 16.5. The summed E-state index contributed by atoms with van der Waals surface area (Å²) in [6.07, 6.45) is 12.7. The van der Waals surface area contributed by atoms with Crippen molar-refractivity contribution in [2.24, 2.45) is 14.1 Å². The first-order valence-corrected chi connectivity index (χ1v) is 8.94. The molecule has 0 bridgehead atoms. The van der Waals surface area contributed by atoms with E-state index in [1.807, 2.05) is 37.1 Å². The predicted octanol–water partition coefficient (Wildman–Crippen LogP) is 2.75. The van der Waals surface area contributed by atoms with Gasteiger partial charge in [-0.3, -0.25) is 13.8 Å². The summed E-state index contributed by atoms with van der Waals surface area (Å²) in [4.78, 5) is 9.26. The number of aromatic nitrogens is 7. The van der Waals surface area contributed by atoms with Crippen molar-refractivity contribution in [2.75, 3.05) is 5.32 Å². The lowest BCUT2D eigenvalue weighted by atomic mass is 10.2. The Morgan fingerprint density at radius 1 is 1.07 bits per heavy atom. The molecule has 9 nitrogen and oxygen atoms in total. The number of fused-ring (bicyclic) bond motifs is 1. The van der Waals surface area contributed by atoms with Gasteiger partial charge in [0.1, 0.15) is 0 Å². The lowest BCUT2D eigenvalue weighted by Crippen LogP contribution is -2.03. The van der Waals surface area contributed by atoms with Crippen LogP contribution in [0.4, 0.5) is 5.82 Å². The molecule has 0 fully saturated rings. The summed E-state index contributed by atoms with van der Waals surface area (Å²) < 4.78 is 5.44. The Morgan fingerprint density at radius 2 is 1.75 bits per heavy atom. The van der Waals surface area contributed by atoms with E-state index in [2.05, 4.69) is 33.1 Å². The van der Waals surface area contributed by atoms with E-state index in [4.69, 9.17) is 10.4 Å². The molecule has 0 amide bonds. The van der Waals surface area contributed by atoms with Crippen molar-refractivity contribution in [3.8, 4) is 22.5 Å². The summed E-state index contributed by atoms with van der Waals surface area (Å²) in [5, 5.41) is 19.8. The highest BCUT2D eigenvalue weighted by Gasteiger charge is 2.15. The molecule has 0 aliphatic carbocycles. The van der Waals surface area contributed by atoms with Gasteiger partial charge in [0.15, 0.2) is 11.5 Å². The Labute approximate surface area is 166 Å². The summed E-state index contributed by atoms with van der Waals surface area (Å²) in [6, 6.07) is 0. The summed E-state index contributed by atoms with van der Waals surface area (Å²) >= 11 is 4.41. The average Bonchev–Trinajstić information content (AvgIpc) is 3.33. The van der Waals surface area contributed by atoms with Crippen LogP contribution in [-0.2, 0) is 14.1 Å². The number of allylic oxidation sites excluding steroid dienone is 1. The van der Waals surface area contributed by atoms with Crippen LogP contribution < -0.4 is 5.32 Å². The van der Waals surface area contributed by atoms with Crippen molar-refractivity contribution in [3.05, 3.63) is 48.3 Å². The lowest BCUT2D eigenvalue weighted by Gasteiger charge is -2.10. The highest BCUT2D eigenvalue weighted by atomic mass is 32.1. The van der Waals surface area contributed by atoms with Crippen molar-refractivity contribution in [1.29, 1.82) is 5.41 Å². The molecule has 142 valence electrons. The van der Waals surface area contributed by atoms with Gasteiger partial charge in [-0.25, -0.2) is 9.97 Å². The largest absolute Gasteiger partial charge is 0.332 e. The predicted molar refractivity (Wildman–Crippen MR) is 111 cm³/mol. The molecule has 0 saturated heterocycles. The van der Waals surface area contributed by atoms with Gasteiger partial charge in [-0.2, -0.15) is 10.2 Å². The molecule has 4 aromatic rings. The lowest BCUT2D eigenvalue weighted by molar-refractivity contribution is 0.768. The number of nitrogens with one attached hydrogen (secondary N) is 2. The maximum Gasteiger partial charge on any atom is 0.180 e. The van der Waals surface area contributed by atoms with E-state index < -0.39 is 0 Å². The van der Waals surface area contributed by atoms with Gasteiger partial charge in [-0.15, -0.1) is 12.6 Å². The number of aryl methyl sites for hydroxylation is 2. The van der Waals surface area contributed by atoms with Gasteiger partial charge in [-0.1, -0.05) is 0 Å². The minimum absolute atomic E-state index is 0.385. The van der Waals surface area contributed by atoms with E-state index in [0.29, 0.717) is 22.2 Å². The maximum atomic E-state index is 7.63. The summed E-state index contributed by atoms with van der Waals surface area (Å²) in [5.41, 5.74) is 4.49.